The third-order valence-corrected chi connectivity index (χ3v) is 3.31. The largest absolute Gasteiger partial charge is 0.481 e. The predicted octanol–water partition coefficient (Wildman–Crippen LogP) is 3.78. The molecule has 0 spiro atoms. The van der Waals surface area contributed by atoms with Gasteiger partial charge in [0, 0.05) is 17.0 Å². The van der Waals surface area contributed by atoms with E-state index in [9.17, 15) is 14.7 Å². The smallest absolute Gasteiger partial charge is 0.311 e. The Balaban J connectivity index is 2.20. The fourth-order valence-corrected chi connectivity index (χ4v) is 2.10. The minimum atomic E-state index is -1.02. The highest BCUT2D eigenvalue weighted by molar-refractivity contribution is 6.30. The molecule has 0 saturated carbocycles. The molecule has 0 aromatic heterocycles. The maximum atomic E-state index is 12.1. The molecule has 0 heterocycles. The summed E-state index contributed by atoms with van der Waals surface area (Å²) < 4.78 is 0. The molecule has 0 aliphatic carbocycles. The number of ketones is 1. The molecule has 1 N–H and O–H groups in total. The molecule has 102 valence electrons. The fourth-order valence-electron chi connectivity index (χ4n) is 1.97. The van der Waals surface area contributed by atoms with Crippen molar-refractivity contribution < 1.29 is 14.7 Å². The molecule has 2 aromatic rings. The predicted molar refractivity (Wildman–Crippen MR) is 77.2 cm³/mol. The van der Waals surface area contributed by atoms with Gasteiger partial charge in [-0.15, -0.1) is 0 Å². The first-order valence-electron chi connectivity index (χ1n) is 6.14. The summed E-state index contributed by atoms with van der Waals surface area (Å²) in [4.78, 5) is 23.5. The first-order valence-corrected chi connectivity index (χ1v) is 6.52. The van der Waals surface area contributed by atoms with Gasteiger partial charge in [-0.2, -0.15) is 0 Å². The molecule has 0 amide bonds. The zero-order valence-corrected chi connectivity index (χ0v) is 11.4. The van der Waals surface area contributed by atoms with Crippen molar-refractivity contribution in [3.05, 3.63) is 70.7 Å². The molecule has 0 saturated heterocycles. The molecule has 0 unspecified atom stereocenters. The van der Waals surface area contributed by atoms with Gasteiger partial charge in [-0.05, 0) is 17.7 Å². The Morgan fingerprint density at radius 1 is 1.00 bits per heavy atom. The van der Waals surface area contributed by atoms with Crippen molar-refractivity contribution in [2.75, 3.05) is 0 Å². The van der Waals surface area contributed by atoms with E-state index in [1.807, 2.05) is 6.07 Å². The Morgan fingerprint density at radius 3 is 2.15 bits per heavy atom. The van der Waals surface area contributed by atoms with Crippen LogP contribution in [0.2, 0.25) is 5.02 Å². The lowest BCUT2D eigenvalue weighted by molar-refractivity contribution is -0.138. The van der Waals surface area contributed by atoms with Crippen molar-refractivity contribution in [2.45, 2.75) is 12.3 Å². The van der Waals surface area contributed by atoms with Gasteiger partial charge in [-0.1, -0.05) is 54.1 Å². The van der Waals surface area contributed by atoms with Gasteiger partial charge in [0.05, 0.1) is 5.92 Å². The average molecular weight is 289 g/mol. The summed E-state index contributed by atoms with van der Waals surface area (Å²) in [6.45, 7) is 0. The molecule has 0 fully saturated rings. The highest BCUT2D eigenvalue weighted by Gasteiger charge is 2.23. The number of hydrogen-bond donors (Lipinski definition) is 1. The molecule has 3 nitrogen and oxygen atoms in total. The SMILES string of the molecule is O=C(C[C@@H](C(=O)O)c1ccc(Cl)cc1)c1ccccc1. The number of benzene rings is 2. The first-order chi connectivity index (χ1) is 9.58. The van der Waals surface area contributed by atoms with Crippen molar-refractivity contribution in [3.63, 3.8) is 0 Å². The summed E-state index contributed by atoms with van der Waals surface area (Å²) >= 11 is 5.78. The van der Waals surface area contributed by atoms with Crippen LogP contribution in [0.4, 0.5) is 0 Å². The topological polar surface area (TPSA) is 54.4 Å². The summed E-state index contributed by atoms with van der Waals surface area (Å²) in [5.74, 6) is -2.07. The number of carboxylic acids is 1. The van der Waals surface area contributed by atoms with E-state index in [0.717, 1.165) is 0 Å². The summed E-state index contributed by atoms with van der Waals surface area (Å²) in [6, 6.07) is 15.2. The monoisotopic (exact) mass is 288 g/mol. The van der Waals surface area contributed by atoms with Crippen LogP contribution in [0.25, 0.3) is 0 Å². The lowest BCUT2D eigenvalue weighted by Gasteiger charge is -2.12. The van der Waals surface area contributed by atoms with E-state index in [4.69, 9.17) is 11.6 Å². The van der Waals surface area contributed by atoms with E-state index >= 15 is 0 Å². The average Bonchev–Trinajstić information content (AvgIpc) is 2.46. The van der Waals surface area contributed by atoms with Crippen molar-refractivity contribution in [2.24, 2.45) is 0 Å². The van der Waals surface area contributed by atoms with Gasteiger partial charge >= 0.3 is 5.97 Å². The quantitative estimate of drug-likeness (QED) is 0.852. The zero-order valence-electron chi connectivity index (χ0n) is 10.6. The molecule has 0 radical (unpaired) electrons. The van der Waals surface area contributed by atoms with Crippen molar-refractivity contribution in [1.82, 2.24) is 0 Å². The van der Waals surface area contributed by atoms with Crippen LogP contribution in [-0.2, 0) is 4.79 Å². The van der Waals surface area contributed by atoms with Crippen molar-refractivity contribution >= 4 is 23.4 Å². The third-order valence-electron chi connectivity index (χ3n) is 3.06. The number of rotatable bonds is 5. The number of halogens is 1. The number of carbonyl (C=O) groups excluding carboxylic acids is 1. The highest BCUT2D eigenvalue weighted by Crippen LogP contribution is 2.24. The molecule has 2 aromatic carbocycles. The Kier molecular flexibility index (Phi) is 4.53. The van der Waals surface area contributed by atoms with Crippen LogP contribution < -0.4 is 0 Å². The van der Waals surface area contributed by atoms with Crippen LogP contribution in [0.1, 0.15) is 28.3 Å². The van der Waals surface area contributed by atoms with Gasteiger partial charge in [0.2, 0.25) is 0 Å². The second kappa shape index (κ2) is 6.35. The molecule has 2 rings (SSSR count). The van der Waals surface area contributed by atoms with Crippen LogP contribution >= 0.6 is 11.6 Å². The summed E-state index contributed by atoms with van der Waals surface area (Å²) in [5, 5.41) is 9.84. The molecular formula is C16H13ClO3. The van der Waals surface area contributed by atoms with Crippen molar-refractivity contribution in [1.29, 1.82) is 0 Å². The van der Waals surface area contributed by atoms with E-state index < -0.39 is 11.9 Å². The Labute approximate surface area is 121 Å². The molecular weight excluding hydrogens is 276 g/mol. The second-order valence-corrected chi connectivity index (χ2v) is 4.87. The summed E-state index contributed by atoms with van der Waals surface area (Å²) in [5.41, 5.74) is 1.10. The van der Waals surface area contributed by atoms with Crippen molar-refractivity contribution in [3.8, 4) is 0 Å². The van der Waals surface area contributed by atoms with Crippen LogP contribution in [0, 0.1) is 0 Å². The molecule has 0 aliphatic heterocycles. The standard InChI is InChI=1S/C16H13ClO3/c17-13-8-6-11(7-9-13)14(16(19)20)10-15(18)12-4-2-1-3-5-12/h1-9,14H,10H2,(H,19,20)/t14-/m1/s1. The van der Waals surface area contributed by atoms with Gasteiger partial charge in [-0.25, -0.2) is 0 Å². The number of carboxylic acid groups (broad SMARTS) is 1. The fraction of sp³-hybridized carbons (Fsp3) is 0.125. The lowest BCUT2D eigenvalue weighted by atomic mass is 9.92. The van der Waals surface area contributed by atoms with Crippen LogP contribution in [0.3, 0.4) is 0 Å². The third kappa shape index (κ3) is 3.45. The highest BCUT2D eigenvalue weighted by atomic mass is 35.5. The maximum absolute atomic E-state index is 12.1. The summed E-state index contributed by atoms with van der Waals surface area (Å²) in [6.07, 6.45) is -0.0685. The second-order valence-electron chi connectivity index (χ2n) is 4.44. The minimum Gasteiger partial charge on any atom is -0.481 e. The molecule has 20 heavy (non-hydrogen) atoms. The summed E-state index contributed by atoms with van der Waals surface area (Å²) in [7, 11) is 0. The molecule has 0 aliphatic rings. The Morgan fingerprint density at radius 2 is 1.60 bits per heavy atom. The lowest BCUT2D eigenvalue weighted by Crippen LogP contribution is -2.16. The Bertz CT molecular complexity index is 605. The zero-order chi connectivity index (χ0) is 14.5. The van der Waals surface area contributed by atoms with Crippen LogP contribution in [-0.4, -0.2) is 16.9 Å². The van der Waals surface area contributed by atoms with E-state index in [1.54, 1.807) is 48.5 Å². The van der Waals surface area contributed by atoms with Crippen LogP contribution in [0.15, 0.2) is 54.6 Å². The normalized spacial score (nSPS) is 11.8. The van der Waals surface area contributed by atoms with Gasteiger partial charge < -0.3 is 5.11 Å². The van der Waals surface area contributed by atoms with Crippen LogP contribution in [0.5, 0.6) is 0 Å². The van der Waals surface area contributed by atoms with E-state index in [1.165, 1.54) is 0 Å². The number of Topliss-reactive ketones (excluding diaryl/α,β-unsaturated/α-hetero) is 1. The number of carbonyl (C=O) groups is 2. The first kappa shape index (κ1) is 14.3. The molecule has 4 heteroatoms. The minimum absolute atomic E-state index is 0.0685. The molecule has 0 bridgehead atoms. The van der Waals surface area contributed by atoms with Gasteiger partial charge in [0.15, 0.2) is 5.78 Å². The number of hydrogen-bond acceptors (Lipinski definition) is 2. The van der Waals surface area contributed by atoms with Gasteiger partial charge in [0.1, 0.15) is 0 Å². The molecule has 1 atom stereocenters. The van der Waals surface area contributed by atoms with Gasteiger partial charge in [0.25, 0.3) is 0 Å². The number of aliphatic carboxylic acids is 1. The van der Waals surface area contributed by atoms with Gasteiger partial charge in [-0.3, -0.25) is 9.59 Å². The van der Waals surface area contributed by atoms with E-state index in [0.29, 0.717) is 16.1 Å². The maximum Gasteiger partial charge on any atom is 0.311 e. The van der Waals surface area contributed by atoms with E-state index in [2.05, 4.69) is 0 Å². The Hall–Kier alpha value is -2.13. The van der Waals surface area contributed by atoms with E-state index in [-0.39, 0.29) is 12.2 Å².